The summed E-state index contributed by atoms with van der Waals surface area (Å²) in [6.07, 6.45) is 4.04. The minimum Gasteiger partial charge on any atom is -0.393 e. The number of benzene rings is 2. The van der Waals surface area contributed by atoms with Crippen LogP contribution < -0.4 is 0 Å². The molecule has 1 fully saturated rings. The fourth-order valence-corrected chi connectivity index (χ4v) is 3.84. The number of carbonyl (C=O) groups excluding carboxylic acids is 1. The van der Waals surface area contributed by atoms with Crippen molar-refractivity contribution in [2.45, 2.75) is 38.3 Å². The smallest absolute Gasteiger partial charge is 0.254 e. The number of amides is 1. The van der Waals surface area contributed by atoms with E-state index in [0.29, 0.717) is 12.0 Å². The summed E-state index contributed by atoms with van der Waals surface area (Å²) in [6.45, 7) is 2.55. The Hall–Kier alpha value is -2.66. The fourth-order valence-electron chi connectivity index (χ4n) is 3.84. The van der Waals surface area contributed by atoms with E-state index in [4.69, 9.17) is 0 Å². The molecule has 0 saturated carbocycles. The highest BCUT2D eigenvalue weighted by Crippen LogP contribution is 2.24. The number of hydrogen-bond acceptors (Lipinski definition) is 3. The van der Waals surface area contributed by atoms with Gasteiger partial charge in [-0.25, -0.2) is 4.98 Å². The van der Waals surface area contributed by atoms with Crippen LogP contribution in [-0.4, -0.2) is 44.2 Å². The summed E-state index contributed by atoms with van der Waals surface area (Å²) in [4.78, 5) is 19.2. The number of aliphatic hydroxyl groups excluding tert-OH is 1. The standard InChI is InChI=1S/C21H23N3O2/c1-15(25)13-18-5-4-12-23(18)21(26)16-8-10-17(11-9-16)24-14-22-19-6-2-3-7-20(19)24/h2-3,6-11,14-15,18,25H,4-5,12-13H2,1H3. The van der Waals surface area contributed by atoms with Gasteiger partial charge in [-0.2, -0.15) is 0 Å². The van der Waals surface area contributed by atoms with Gasteiger partial charge < -0.3 is 10.0 Å². The van der Waals surface area contributed by atoms with Crippen LogP contribution in [0.5, 0.6) is 0 Å². The van der Waals surface area contributed by atoms with Crippen molar-refractivity contribution in [3.63, 3.8) is 0 Å². The zero-order chi connectivity index (χ0) is 18.1. The maximum Gasteiger partial charge on any atom is 0.254 e. The van der Waals surface area contributed by atoms with Crippen molar-refractivity contribution in [2.75, 3.05) is 6.54 Å². The maximum atomic E-state index is 12.9. The highest BCUT2D eigenvalue weighted by atomic mass is 16.3. The first-order valence-electron chi connectivity index (χ1n) is 9.15. The largest absolute Gasteiger partial charge is 0.393 e. The van der Waals surface area contributed by atoms with Crippen molar-refractivity contribution >= 4 is 16.9 Å². The average molecular weight is 349 g/mol. The van der Waals surface area contributed by atoms with E-state index in [9.17, 15) is 9.90 Å². The second-order valence-electron chi connectivity index (χ2n) is 7.03. The molecule has 26 heavy (non-hydrogen) atoms. The molecule has 134 valence electrons. The number of aliphatic hydroxyl groups is 1. The molecule has 2 aromatic carbocycles. The van der Waals surface area contributed by atoms with Gasteiger partial charge in [-0.1, -0.05) is 12.1 Å². The maximum absolute atomic E-state index is 12.9. The van der Waals surface area contributed by atoms with Gasteiger partial charge in [-0.15, -0.1) is 0 Å². The van der Waals surface area contributed by atoms with Crippen LogP contribution in [0.1, 0.15) is 36.5 Å². The number of aromatic nitrogens is 2. The van der Waals surface area contributed by atoms with Gasteiger partial charge >= 0.3 is 0 Å². The van der Waals surface area contributed by atoms with Crippen LogP contribution in [0.3, 0.4) is 0 Å². The predicted octanol–water partition coefficient (Wildman–Crippen LogP) is 3.40. The molecule has 2 heterocycles. The highest BCUT2D eigenvalue weighted by Gasteiger charge is 2.30. The molecule has 1 N–H and O–H groups in total. The van der Waals surface area contributed by atoms with Crippen molar-refractivity contribution in [1.82, 2.24) is 14.5 Å². The van der Waals surface area contributed by atoms with E-state index in [2.05, 4.69) is 4.98 Å². The zero-order valence-corrected chi connectivity index (χ0v) is 14.9. The first-order valence-corrected chi connectivity index (χ1v) is 9.15. The molecule has 4 rings (SSSR count). The molecule has 5 nitrogen and oxygen atoms in total. The Bertz CT molecular complexity index is 914. The van der Waals surface area contributed by atoms with E-state index < -0.39 is 0 Å². The van der Waals surface area contributed by atoms with Gasteiger partial charge in [0.15, 0.2) is 0 Å². The van der Waals surface area contributed by atoms with Crippen LogP contribution in [0.4, 0.5) is 0 Å². The third kappa shape index (κ3) is 3.10. The second-order valence-corrected chi connectivity index (χ2v) is 7.03. The van der Waals surface area contributed by atoms with Gasteiger partial charge in [0.05, 0.1) is 17.1 Å². The first-order chi connectivity index (χ1) is 12.6. The van der Waals surface area contributed by atoms with E-state index in [0.717, 1.165) is 36.1 Å². The summed E-state index contributed by atoms with van der Waals surface area (Å²) < 4.78 is 2.02. The van der Waals surface area contributed by atoms with E-state index >= 15 is 0 Å². The van der Waals surface area contributed by atoms with Crippen molar-refractivity contribution < 1.29 is 9.90 Å². The van der Waals surface area contributed by atoms with Crippen LogP contribution >= 0.6 is 0 Å². The van der Waals surface area contributed by atoms with Crippen molar-refractivity contribution in [3.8, 4) is 5.69 Å². The van der Waals surface area contributed by atoms with Gasteiger partial charge in [0, 0.05) is 23.8 Å². The molecule has 1 amide bonds. The van der Waals surface area contributed by atoms with Gasteiger partial charge in [0.1, 0.15) is 6.33 Å². The number of fused-ring (bicyclic) bond motifs is 1. The average Bonchev–Trinajstić information content (AvgIpc) is 3.27. The van der Waals surface area contributed by atoms with Crippen LogP contribution in [0.25, 0.3) is 16.7 Å². The number of nitrogens with zero attached hydrogens (tertiary/aromatic N) is 3. The molecule has 1 saturated heterocycles. The molecule has 0 aliphatic carbocycles. The fraction of sp³-hybridized carbons (Fsp3) is 0.333. The molecular weight excluding hydrogens is 326 g/mol. The monoisotopic (exact) mass is 349 g/mol. The Kier molecular flexibility index (Phi) is 4.47. The van der Waals surface area contributed by atoms with Gasteiger partial charge in [-0.3, -0.25) is 9.36 Å². The summed E-state index contributed by atoms with van der Waals surface area (Å²) >= 11 is 0. The number of carbonyl (C=O) groups is 1. The predicted molar refractivity (Wildman–Crippen MR) is 101 cm³/mol. The zero-order valence-electron chi connectivity index (χ0n) is 14.9. The van der Waals surface area contributed by atoms with E-state index in [1.165, 1.54) is 0 Å². The highest BCUT2D eigenvalue weighted by molar-refractivity contribution is 5.95. The van der Waals surface area contributed by atoms with Crippen molar-refractivity contribution in [1.29, 1.82) is 0 Å². The molecule has 1 aromatic heterocycles. The van der Waals surface area contributed by atoms with Gasteiger partial charge in [0.25, 0.3) is 5.91 Å². The lowest BCUT2D eigenvalue weighted by atomic mass is 10.1. The SMILES string of the molecule is CC(O)CC1CCCN1C(=O)c1ccc(-n2cnc3ccccc32)cc1. The third-order valence-corrected chi connectivity index (χ3v) is 5.10. The normalized spacial score (nSPS) is 18.4. The number of imidazole rings is 1. The Morgan fingerprint density at radius 1 is 1.23 bits per heavy atom. The summed E-state index contributed by atoms with van der Waals surface area (Å²) in [7, 11) is 0. The van der Waals surface area contributed by atoms with Gasteiger partial charge in [0.2, 0.25) is 0 Å². The molecule has 1 aliphatic heterocycles. The first kappa shape index (κ1) is 16.8. The molecular formula is C21H23N3O2. The Morgan fingerprint density at radius 2 is 2.00 bits per heavy atom. The molecule has 2 atom stereocenters. The summed E-state index contributed by atoms with van der Waals surface area (Å²) in [5.74, 6) is 0.0511. The second kappa shape index (κ2) is 6.92. The summed E-state index contributed by atoms with van der Waals surface area (Å²) in [5, 5.41) is 9.66. The third-order valence-electron chi connectivity index (χ3n) is 5.10. The molecule has 1 aliphatic rings. The summed E-state index contributed by atoms with van der Waals surface area (Å²) in [6, 6.07) is 15.8. The lowest BCUT2D eigenvalue weighted by molar-refractivity contribution is 0.0682. The van der Waals surface area contributed by atoms with E-state index in [-0.39, 0.29) is 18.1 Å². The quantitative estimate of drug-likeness (QED) is 0.785. The number of hydrogen-bond donors (Lipinski definition) is 1. The number of likely N-dealkylation sites (tertiary alicyclic amines) is 1. The Labute approximate surface area is 152 Å². The molecule has 2 unspecified atom stereocenters. The molecule has 0 spiro atoms. The van der Waals surface area contributed by atoms with E-state index in [1.54, 1.807) is 13.3 Å². The molecule has 0 radical (unpaired) electrons. The molecule has 5 heteroatoms. The lowest BCUT2D eigenvalue weighted by Gasteiger charge is -2.26. The van der Waals surface area contributed by atoms with Crippen molar-refractivity contribution in [2.24, 2.45) is 0 Å². The number of rotatable bonds is 4. The molecule has 3 aromatic rings. The van der Waals surface area contributed by atoms with E-state index in [1.807, 2.05) is 58.0 Å². The topological polar surface area (TPSA) is 58.4 Å². The lowest BCUT2D eigenvalue weighted by Crippen LogP contribution is -2.37. The van der Waals surface area contributed by atoms with Crippen LogP contribution in [0.2, 0.25) is 0 Å². The van der Waals surface area contributed by atoms with Crippen molar-refractivity contribution in [3.05, 3.63) is 60.4 Å². The number of para-hydroxylation sites is 2. The van der Waals surface area contributed by atoms with Crippen LogP contribution in [-0.2, 0) is 0 Å². The Balaban J connectivity index is 1.57. The minimum atomic E-state index is -0.384. The Morgan fingerprint density at radius 3 is 2.77 bits per heavy atom. The van der Waals surface area contributed by atoms with Crippen LogP contribution in [0.15, 0.2) is 54.9 Å². The minimum absolute atomic E-state index is 0.0511. The summed E-state index contributed by atoms with van der Waals surface area (Å²) in [5.41, 5.74) is 3.67. The van der Waals surface area contributed by atoms with Crippen LogP contribution in [0, 0.1) is 0 Å². The molecule has 0 bridgehead atoms. The van der Waals surface area contributed by atoms with Gasteiger partial charge in [-0.05, 0) is 62.6 Å².